The highest BCUT2D eigenvalue weighted by atomic mass is 32.1. The van der Waals surface area contributed by atoms with Gasteiger partial charge in [-0.25, -0.2) is 0 Å². The van der Waals surface area contributed by atoms with E-state index in [0.29, 0.717) is 6.42 Å². The Balaban J connectivity index is 1.79. The molecular formula is C16H25N3O2S. The van der Waals surface area contributed by atoms with E-state index in [2.05, 4.69) is 22.2 Å². The lowest BCUT2D eigenvalue weighted by atomic mass is 10.1. The zero-order valence-corrected chi connectivity index (χ0v) is 14.4. The van der Waals surface area contributed by atoms with Crippen molar-refractivity contribution >= 4 is 23.0 Å². The Kier molecular flexibility index (Phi) is 6.11. The minimum absolute atomic E-state index is 0.0102. The molecule has 1 amide bonds. The summed E-state index contributed by atoms with van der Waals surface area (Å²) in [6, 6.07) is 3.41. The lowest BCUT2D eigenvalue weighted by Crippen LogP contribution is -2.54. The van der Waals surface area contributed by atoms with Gasteiger partial charge in [0.25, 0.3) is 0 Å². The largest absolute Gasteiger partial charge is 0.352 e. The SMILES string of the molecule is CC(CC(=O)c1cccs1)NC(=O)C(C)N1CCN(C)CC1. The van der Waals surface area contributed by atoms with Gasteiger partial charge in [0.1, 0.15) is 0 Å². The first-order valence-electron chi connectivity index (χ1n) is 7.77. The molecule has 122 valence electrons. The summed E-state index contributed by atoms with van der Waals surface area (Å²) in [6.07, 6.45) is 0.349. The normalized spacial score (nSPS) is 19.6. The maximum atomic E-state index is 12.3. The van der Waals surface area contributed by atoms with Gasteiger partial charge in [-0.05, 0) is 32.3 Å². The first-order valence-corrected chi connectivity index (χ1v) is 8.65. The van der Waals surface area contributed by atoms with Crippen LogP contribution >= 0.6 is 11.3 Å². The third kappa shape index (κ3) is 4.63. The molecule has 0 bridgehead atoms. The van der Waals surface area contributed by atoms with Crippen molar-refractivity contribution in [3.63, 3.8) is 0 Å². The molecule has 2 heterocycles. The number of nitrogens with one attached hydrogen (secondary N) is 1. The van der Waals surface area contributed by atoms with Crippen LogP contribution in [0.1, 0.15) is 29.9 Å². The fourth-order valence-electron chi connectivity index (χ4n) is 2.61. The Labute approximate surface area is 136 Å². The minimum atomic E-state index is -0.145. The van der Waals surface area contributed by atoms with Gasteiger partial charge < -0.3 is 10.2 Å². The van der Waals surface area contributed by atoms with Gasteiger partial charge >= 0.3 is 0 Å². The number of likely N-dealkylation sites (N-methyl/N-ethyl adjacent to an activating group) is 1. The third-order valence-electron chi connectivity index (χ3n) is 4.14. The maximum Gasteiger partial charge on any atom is 0.237 e. The van der Waals surface area contributed by atoms with E-state index >= 15 is 0 Å². The van der Waals surface area contributed by atoms with Crippen LogP contribution in [-0.4, -0.2) is 66.8 Å². The van der Waals surface area contributed by atoms with Crippen LogP contribution in [0.4, 0.5) is 0 Å². The van der Waals surface area contributed by atoms with Crippen LogP contribution in [0.5, 0.6) is 0 Å². The number of hydrogen-bond acceptors (Lipinski definition) is 5. The second-order valence-electron chi connectivity index (χ2n) is 6.03. The molecule has 0 aliphatic carbocycles. The molecular weight excluding hydrogens is 298 g/mol. The second-order valence-corrected chi connectivity index (χ2v) is 6.98. The number of carbonyl (C=O) groups is 2. The van der Waals surface area contributed by atoms with E-state index in [1.165, 1.54) is 11.3 Å². The number of Topliss-reactive ketones (excluding diaryl/α,β-unsaturated/α-hetero) is 1. The second kappa shape index (κ2) is 7.85. The molecule has 0 radical (unpaired) electrons. The molecule has 0 spiro atoms. The summed E-state index contributed by atoms with van der Waals surface area (Å²) < 4.78 is 0. The van der Waals surface area contributed by atoms with E-state index in [0.717, 1.165) is 31.1 Å². The first kappa shape index (κ1) is 17.1. The molecule has 1 aliphatic heterocycles. The summed E-state index contributed by atoms with van der Waals surface area (Å²) in [5, 5.41) is 4.87. The van der Waals surface area contributed by atoms with Gasteiger partial charge in [-0.2, -0.15) is 0 Å². The number of carbonyl (C=O) groups excluding carboxylic acids is 2. The van der Waals surface area contributed by atoms with Crippen molar-refractivity contribution in [2.45, 2.75) is 32.4 Å². The van der Waals surface area contributed by atoms with Crippen LogP contribution in [0.3, 0.4) is 0 Å². The lowest BCUT2D eigenvalue weighted by Gasteiger charge is -2.36. The first-order chi connectivity index (χ1) is 10.5. The number of piperazine rings is 1. The highest BCUT2D eigenvalue weighted by Gasteiger charge is 2.25. The highest BCUT2D eigenvalue weighted by Crippen LogP contribution is 2.12. The monoisotopic (exact) mass is 323 g/mol. The Morgan fingerprint density at radius 2 is 1.95 bits per heavy atom. The van der Waals surface area contributed by atoms with Crippen molar-refractivity contribution in [1.29, 1.82) is 0 Å². The van der Waals surface area contributed by atoms with Gasteiger partial charge in [0.2, 0.25) is 5.91 Å². The number of thiophene rings is 1. The highest BCUT2D eigenvalue weighted by molar-refractivity contribution is 7.12. The Hall–Kier alpha value is -1.24. The van der Waals surface area contributed by atoms with Crippen LogP contribution in [0, 0.1) is 0 Å². The molecule has 1 aliphatic rings. The number of ketones is 1. The van der Waals surface area contributed by atoms with E-state index < -0.39 is 0 Å². The maximum absolute atomic E-state index is 12.3. The van der Waals surface area contributed by atoms with Crippen LogP contribution in [0.2, 0.25) is 0 Å². The molecule has 2 rings (SSSR count). The van der Waals surface area contributed by atoms with E-state index in [-0.39, 0.29) is 23.8 Å². The zero-order chi connectivity index (χ0) is 16.1. The molecule has 1 N–H and O–H groups in total. The predicted molar refractivity (Wildman–Crippen MR) is 89.4 cm³/mol. The van der Waals surface area contributed by atoms with E-state index in [1.807, 2.05) is 31.4 Å². The lowest BCUT2D eigenvalue weighted by molar-refractivity contribution is -0.127. The van der Waals surface area contributed by atoms with Crippen LogP contribution in [0.15, 0.2) is 17.5 Å². The minimum Gasteiger partial charge on any atom is -0.352 e. The van der Waals surface area contributed by atoms with Gasteiger partial charge in [-0.15, -0.1) is 11.3 Å². The molecule has 1 fully saturated rings. The van der Waals surface area contributed by atoms with Gasteiger partial charge in [0, 0.05) is 38.6 Å². The van der Waals surface area contributed by atoms with Crippen LogP contribution in [-0.2, 0) is 4.79 Å². The zero-order valence-electron chi connectivity index (χ0n) is 13.5. The Bertz CT molecular complexity index is 495. The quantitative estimate of drug-likeness (QED) is 0.806. The topological polar surface area (TPSA) is 52.7 Å². The molecule has 22 heavy (non-hydrogen) atoms. The van der Waals surface area contributed by atoms with Gasteiger partial charge in [0.05, 0.1) is 10.9 Å². The predicted octanol–water partition coefficient (Wildman–Crippen LogP) is 1.46. The molecule has 1 saturated heterocycles. The van der Waals surface area contributed by atoms with Crippen molar-refractivity contribution in [3.8, 4) is 0 Å². The van der Waals surface area contributed by atoms with Crippen molar-refractivity contribution in [2.24, 2.45) is 0 Å². The van der Waals surface area contributed by atoms with Crippen molar-refractivity contribution in [3.05, 3.63) is 22.4 Å². The number of rotatable bonds is 6. The average molecular weight is 323 g/mol. The number of nitrogens with zero attached hydrogens (tertiary/aromatic N) is 2. The van der Waals surface area contributed by atoms with E-state index in [1.54, 1.807) is 0 Å². The smallest absolute Gasteiger partial charge is 0.237 e. The van der Waals surface area contributed by atoms with E-state index in [9.17, 15) is 9.59 Å². The Morgan fingerprint density at radius 3 is 2.55 bits per heavy atom. The summed E-state index contributed by atoms with van der Waals surface area (Å²) in [5.41, 5.74) is 0. The van der Waals surface area contributed by atoms with Crippen LogP contribution < -0.4 is 5.32 Å². The molecule has 5 nitrogen and oxygen atoms in total. The molecule has 0 aromatic carbocycles. The fraction of sp³-hybridized carbons (Fsp3) is 0.625. The molecule has 6 heteroatoms. The standard InChI is InChI=1S/C16H25N3O2S/c1-12(11-14(20)15-5-4-10-22-15)17-16(21)13(2)19-8-6-18(3)7-9-19/h4-5,10,12-13H,6-9,11H2,1-3H3,(H,17,21). The number of hydrogen-bond donors (Lipinski definition) is 1. The third-order valence-corrected chi connectivity index (χ3v) is 5.05. The van der Waals surface area contributed by atoms with Gasteiger partial charge in [-0.1, -0.05) is 6.07 Å². The molecule has 1 aromatic heterocycles. The van der Waals surface area contributed by atoms with Crippen molar-refractivity contribution in [1.82, 2.24) is 15.1 Å². The summed E-state index contributed by atoms with van der Waals surface area (Å²) in [5.74, 6) is 0.103. The van der Waals surface area contributed by atoms with Crippen molar-refractivity contribution < 1.29 is 9.59 Å². The summed E-state index contributed by atoms with van der Waals surface area (Å²) in [7, 11) is 2.10. The summed E-state index contributed by atoms with van der Waals surface area (Å²) in [4.78, 5) is 29.6. The fourth-order valence-corrected chi connectivity index (χ4v) is 3.28. The summed E-state index contributed by atoms with van der Waals surface area (Å²) >= 11 is 1.45. The summed E-state index contributed by atoms with van der Waals surface area (Å²) in [6.45, 7) is 7.63. The molecule has 1 aromatic rings. The van der Waals surface area contributed by atoms with Gasteiger partial charge in [-0.3, -0.25) is 14.5 Å². The van der Waals surface area contributed by atoms with Gasteiger partial charge in [0.15, 0.2) is 5.78 Å². The van der Waals surface area contributed by atoms with E-state index in [4.69, 9.17) is 0 Å². The molecule has 0 saturated carbocycles. The molecule has 2 unspecified atom stereocenters. The Morgan fingerprint density at radius 1 is 1.27 bits per heavy atom. The van der Waals surface area contributed by atoms with Crippen LogP contribution in [0.25, 0.3) is 0 Å². The number of amides is 1. The average Bonchev–Trinajstić information content (AvgIpc) is 3.01. The van der Waals surface area contributed by atoms with Crippen molar-refractivity contribution in [2.75, 3.05) is 33.2 Å². The molecule has 2 atom stereocenters.